The Hall–Kier alpha value is -0.970. The van der Waals surface area contributed by atoms with Crippen LogP contribution in [0.4, 0.5) is 0 Å². The third kappa shape index (κ3) is 1.96. The van der Waals surface area contributed by atoms with Crippen molar-refractivity contribution in [2.24, 2.45) is 0 Å². The highest BCUT2D eigenvalue weighted by atomic mass is 35.5. The molecule has 0 amide bonds. The largest absolute Gasteiger partial charge is 0.453 e. The lowest BCUT2D eigenvalue weighted by molar-refractivity contribution is 0.0865. The monoisotopic (exact) mass is 243 g/mol. The third-order valence-corrected chi connectivity index (χ3v) is 2.83. The van der Waals surface area contributed by atoms with Gasteiger partial charge in [0, 0.05) is 12.1 Å². The molecule has 1 heterocycles. The van der Waals surface area contributed by atoms with Crippen molar-refractivity contribution in [2.45, 2.75) is 19.9 Å². The van der Waals surface area contributed by atoms with Gasteiger partial charge in [-0.2, -0.15) is 5.48 Å². The number of hydroxylamine groups is 1. The quantitative estimate of drug-likeness (QED) is 0.824. The van der Waals surface area contributed by atoms with E-state index < -0.39 is 0 Å². The smallest absolute Gasteiger partial charge is 0.231 e. The lowest BCUT2D eigenvalue weighted by Gasteiger charge is -2.12. The minimum Gasteiger partial charge on any atom is -0.453 e. The van der Waals surface area contributed by atoms with Gasteiger partial charge in [-0.05, 0) is 18.1 Å². The predicted octanol–water partition coefficient (Wildman–Crippen LogP) is 2.28. The van der Waals surface area contributed by atoms with Gasteiger partial charge in [0.05, 0.1) is 12.1 Å². The molecule has 0 aliphatic carbocycles. The van der Waals surface area contributed by atoms with E-state index in [1.165, 1.54) is 0 Å². The third-order valence-electron chi connectivity index (χ3n) is 2.55. The van der Waals surface area contributed by atoms with Crippen molar-refractivity contribution < 1.29 is 14.3 Å². The van der Waals surface area contributed by atoms with Gasteiger partial charge in [-0.15, -0.1) is 0 Å². The molecule has 1 N–H and O–H groups in total. The van der Waals surface area contributed by atoms with Crippen LogP contribution in [0.3, 0.4) is 0 Å². The summed E-state index contributed by atoms with van der Waals surface area (Å²) < 4.78 is 10.8. The fourth-order valence-corrected chi connectivity index (χ4v) is 2.10. The minimum absolute atomic E-state index is 0.239. The predicted molar refractivity (Wildman–Crippen MR) is 60.8 cm³/mol. The second kappa shape index (κ2) is 4.91. The highest BCUT2D eigenvalue weighted by molar-refractivity contribution is 6.32. The molecule has 88 valence electrons. The molecule has 0 unspecified atom stereocenters. The number of halogens is 1. The van der Waals surface area contributed by atoms with E-state index in [9.17, 15) is 0 Å². The number of nitrogens with one attached hydrogen (secondary N) is 1. The van der Waals surface area contributed by atoms with E-state index in [-0.39, 0.29) is 6.79 Å². The Bertz CT molecular complexity index is 395. The zero-order valence-electron chi connectivity index (χ0n) is 9.30. The Morgan fingerprint density at radius 3 is 2.88 bits per heavy atom. The second-order valence-corrected chi connectivity index (χ2v) is 3.85. The Kier molecular flexibility index (Phi) is 3.53. The average molecular weight is 244 g/mol. The molecule has 4 nitrogen and oxygen atoms in total. The summed E-state index contributed by atoms with van der Waals surface area (Å²) in [6.45, 7) is 2.90. The fraction of sp³-hybridized carbons (Fsp3) is 0.455. The van der Waals surface area contributed by atoms with Crippen molar-refractivity contribution in [2.75, 3.05) is 13.9 Å². The van der Waals surface area contributed by atoms with Gasteiger partial charge in [0.15, 0.2) is 11.5 Å². The van der Waals surface area contributed by atoms with Crippen molar-refractivity contribution in [3.8, 4) is 11.5 Å². The minimum atomic E-state index is 0.239. The molecule has 0 fully saturated rings. The van der Waals surface area contributed by atoms with Gasteiger partial charge < -0.3 is 14.3 Å². The molecule has 1 aliphatic rings. The van der Waals surface area contributed by atoms with E-state index in [4.69, 9.17) is 25.9 Å². The molecule has 0 saturated carbocycles. The normalized spacial score (nSPS) is 13.2. The zero-order valence-corrected chi connectivity index (χ0v) is 10.1. The highest BCUT2D eigenvalue weighted by Crippen LogP contribution is 2.43. The topological polar surface area (TPSA) is 39.7 Å². The lowest BCUT2D eigenvalue weighted by Crippen LogP contribution is -2.12. The molecule has 1 aliphatic heterocycles. The van der Waals surface area contributed by atoms with Crippen LogP contribution in [-0.2, 0) is 17.8 Å². The fourth-order valence-electron chi connectivity index (χ4n) is 1.83. The Morgan fingerprint density at radius 2 is 2.19 bits per heavy atom. The SMILES string of the molecule is CCc1c(CNOC)cc(Cl)c2c1OCO2. The number of rotatable bonds is 4. The molecule has 1 aromatic carbocycles. The summed E-state index contributed by atoms with van der Waals surface area (Å²) in [7, 11) is 1.58. The second-order valence-electron chi connectivity index (χ2n) is 3.44. The average Bonchev–Trinajstić information content (AvgIpc) is 2.76. The Morgan fingerprint density at radius 1 is 1.44 bits per heavy atom. The van der Waals surface area contributed by atoms with E-state index in [0.29, 0.717) is 17.3 Å². The number of ether oxygens (including phenoxy) is 2. The molecule has 5 heteroatoms. The molecular weight excluding hydrogens is 230 g/mol. The summed E-state index contributed by atoms with van der Waals surface area (Å²) in [6, 6.07) is 1.89. The van der Waals surface area contributed by atoms with Crippen LogP contribution in [0.15, 0.2) is 6.07 Å². The molecule has 0 radical (unpaired) electrons. The van der Waals surface area contributed by atoms with Crippen molar-refractivity contribution in [1.82, 2.24) is 5.48 Å². The Balaban J connectivity index is 2.41. The van der Waals surface area contributed by atoms with Gasteiger partial charge in [0.1, 0.15) is 0 Å². The number of fused-ring (bicyclic) bond motifs is 1. The van der Waals surface area contributed by atoms with Crippen LogP contribution < -0.4 is 15.0 Å². The van der Waals surface area contributed by atoms with Gasteiger partial charge in [0.2, 0.25) is 6.79 Å². The Labute approximate surface area is 99.4 Å². The number of hydrogen-bond acceptors (Lipinski definition) is 4. The van der Waals surface area contributed by atoms with E-state index in [2.05, 4.69) is 12.4 Å². The molecule has 0 aromatic heterocycles. The van der Waals surface area contributed by atoms with E-state index in [1.807, 2.05) is 6.07 Å². The van der Waals surface area contributed by atoms with Gasteiger partial charge >= 0.3 is 0 Å². The summed E-state index contributed by atoms with van der Waals surface area (Å²) in [6.07, 6.45) is 0.865. The first-order valence-electron chi connectivity index (χ1n) is 5.13. The first kappa shape index (κ1) is 11.5. The summed E-state index contributed by atoms with van der Waals surface area (Å²) in [5.41, 5.74) is 4.98. The molecule has 0 bridgehead atoms. The van der Waals surface area contributed by atoms with E-state index in [1.54, 1.807) is 7.11 Å². The van der Waals surface area contributed by atoms with Crippen molar-refractivity contribution in [3.05, 3.63) is 22.2 Å². The summed E-state index contributed by atoms with van der Waals surface area (Å²) in [5.74, 6) is 1.42. The van der Waals surface area contributed by atoms with Gasteiger partial charge in [-0.1, -0.05) is 18.5 Å². The highest BCUT2D eigenvalue weighted by Gasteiger charge is 2.23. The van der Waals surface area contributed by atoms with Crippen molar-refractivity contribution >= 4 is 11.6 Å². The summed E-state index contributed by atoms with van der Waals surface area (Å²) in [4.78, 5) is 4.84. The molecule has 0 spiro atoms. The number of benzene rings is 1. The van der Waals surface area contributed by atoms with Crippen molar-refractivity contribution in [1.29, 1.82) is 0 Å². The van der Waals surface area contributed by atoms with Crippen LogP contribution in [0.1, 0.15) is 18.1 Å². The lowest BCUT2D eigenvalue weighted by atomic mass is 10.0. The van der Waals surface area contributed by atoms with Crippen LogP contribution in [-0.4, -0.2) is 13.9 Å². The first-order valence-corrected chi connectivity index (χ1v) is 5.51. The first-order chi connectivity index (χ1) is 7.77. The maximum atomic E-state index is 6.11. The van der Waals surface area contributed by atoms with Crippen molar-refractivity contribution in [3.63, 3.8) is 0 Å². The molecule has 0 atom stereocenters. The molecular formula is C11H14ClNO3. The van der Waals surface area contributed by atoms with Gasteiger partial charge in [-0.25, -0.2) is 0 Å². The molecule has 2 rings (SSSR count). The van der Waals surface area contributed by atoms with Crippen LogP contribution >= 0.6 is 11.6 Å². The van der Waals surface area contributed by atoms with Gasteiger partial charge in [0.25, 0.3) is 0 Å². The van der Waals surface area contributed by atoms with Crippen LogP contribution in [0, 0.1) is 0 Å². The molecule has 16 heavy (non-hydrogen) atoms. The zero-order chi connectivity index (χ0) is 11.5. The maximum absolute atomic E-state index is 6.11. The van der Waals surface area contributed by atoms with Gasteiger partial charge in [-0.3, -0.25) is 0 Å². The van der Waals surface area contributed by atoms with Crippen LogP contribution in [0.5, 0.6) is 11.5 Å². The van der Waals surface area contributed by atoms with E-state index in [0.717, 1.165) is 23.3 Å². The number of hydrogen-bond donors (Lipinski definition) is 1. The summed E-state index contributed by atoms with van der Waals surface area (Å²) >= 11 is 6.11. The summed E-state index contributed by atoms with van der Waals surface area (Å²) in [5, 5.41) is 0.581. The maximum Gasteiger partial charge on any atom is 0.231 e. The van der Waals surface area contributed by atoms with Crippen LogP contribution in [0.25, 0.3) is 0 Å². The van der Waals surface area contributed by atoms with Crippen LogP contribution in [0.2, 0.25) is 5.02 Å². The molecule has 0 saturated heterocycles. The molecule has 1 aromatic rings. The standard InChI is InChI=1S/C11H14ClNO3/c1-3-8-7(5-13-14-2)4-9(12)11-10(8)15-6-16-11/h4,13H,3,5-6H2,1-2H3. The van der Waals surface area contributed by atoms with E-state index >= 15 is 0 Å².